The Balaban J connectivity index is 2.85. The highest BCUT2D eigenvalue weighted by Gasteiger charge is 2.10. The zero-order chi connectivity index (χ0) is 11.4. The zero-order valence-corrected chi connectivity index (χ0v) is 10.1. The van der Waals surface area contributed by atoms with Crippen LogP contribution in [0.5, 0.6) is 5.75 Å². The first-order valence-electron chi connectivity index (χ1n) is 5.44. The monoisotopic (exact) mass is 207 g/mol. The molecule has 0 unspecified atom stereocenters. The number of benzene rings is 1. The molecule has 0 spiro atoms. The molecule has 0 heterocycles. The average Bonchev–Trinajstić information content (AvgIpc) is 2.17. The van der Waals surface area contributed by atoms with E-state index in [1.54, 1.807) is 7.11 Å². The summed E-state index contributed by atoms with van der Waals surface area (Å²) in [5, 5.41) is 0. The van der Waals surface area contributed by atoms with Crippen LogP contribution in [0.15, 0.2) is 18.2 Å². The van der Waals surface area contributed by atoms with E-state index in [1.807, 2.05) is 13.0 Å². The van der Waals surface area contributed by atoms with Gasteiger partial charge in [0.15, 0.2) is 0 Å². The molecule has 0 aliphatic heterocycles. The number of aryl methyl sites for hydroxylation is 1. The third kappa shape index (κ3) is 3.24. The van der Waals surface area contributed by atoms with Crippen molar-refractivity contribution in [2.45, 2.75) is 33.2 Å². The molecule has 2 nitrogen and oxygen atoms in total. The van der Waals surface area contributed by atoms with Gasteiger partial charge in [-0.2, -0.15) is 0 Å². The fraction of sp³-hybridized carbons (Fsp3) is 0.538. The molecule has 1 aromatic carbocycles. The van der Waals surface area contributed by atoms with Crippen LogP contribution in [0, 0.1) is 12.8 Å². The number of hydrogen-bond donors (Lipinski definition) is 1. The van der Waals surface area contributed by atoms with Gasteiger partial charge in [-0.25, -0.2) is 0 Å². The fourth-order valence-electron chi connectivity index (χ4n) is 1.71. The Morgan fingerprint density at radius 3 is 2.53 bits per heavy atom. The van der Waals surface area contributed by atoms with Crippen LogP contribution in [0.3, 0.4) is 0 Å². The smallest absolute Gasteiger partial charge is 0.122 e. The van der Waals surface area contributed by atoms with Crippen molar-refractivity contribution < 1.29 is 4.74 Å². The topological polar surface area (TPSA) is 35.2 Å². The van der Waals surface area contributed by atoms with E-state index >= 15 is 0 Å². The molecule has 0 radical (unpaired) electrons. The maximum Gasteiger partial charge on any atom is 0.122 e. The summed E-state index contributed by atoms with van der Waals surface area (Å²) in [4.78, 5) is 0. The first-order chi connectivity index (χ1) is 7.04. The van der Waals surface area contributed by atoms with Crippen molar-refractivity contribution in [2.75, 3.05) is 7.11 Å². The average molecular weight is 207 g/mol. The number of methoxy groups -OCH3 is 1. The van der Waals surface area contributed by atoms with E-state index in [9.17, 15) is 0 Å². The number of rotatable bonds is 4. The Kier molecular flexibility index (Phi) is 4.15. The van der Waals surface area contributed by atoms with Gasteiger partial charge in [-0.1, -0.05) is 26.0 Å². The van der Waals surface area contributed by atoms with E-state index in [4.69, 9.17) is 10.5 Å². The van der Waals surface area contributed by atoms with Crippen LogP contribution in [0.25, 0.3) is 0 Å². The fourth-order valence-corrected chi connectivity index (χ4v) is 1.71. The Morgan fingerprint density at radius 2 is 2.00 bits per heavy atom. The van der Waals surface area contributed by atoms with Crippen LogP contribution in [0.2, 0.25) is 0 Å². The van der Waals surface area contributed by atoms with Gasteiger partial charge in [-0.3, -0.25) is 0 Å². The lowest BCUT2D eigenvalue weighted by molar-refractivity contribution is 0.410. The zero-order valence-electron chi connectivity index (χ0n) is 10.1. The van der Waals surface area contributed by atoms with Crippen LogP contribution in [0.1, 0.15) is 37.4 Å². The van der Waals surface area contributed by atoms with Gasteiger partial charge in [-0.15, -0.1) is 0 Å². The molecule has 2 heteroatoms. The summed E-state index contributed by atoms with van der Waals surface area (Å²) in [6, 6.07) is 6.31. The van der Waals surface area contributed by atoms with Crippen molar-refractivity contribution in [1.29, 1.82) is 0 Å². The van der Waals surface area contributed by atoms with E-state index in [-0.39, 0.29) is 6.04 Å². The number of nitrogens with two attached hydrogens (primary N) is 1. The van der Waals surface area contributed by atoms with Gasteiger partial charge in [0, 0.05) is 6.04 Å². The number of hydrogen-bond acceptors (Lipinski definition) is 2. The minimum absolute atomic E-state index is 0.111. The summed E-state index contributed by atoms with van der Waals surface area (Å²) >= 11 is 0. The maximum absolute atomic E-state index is 6.11. The predicted molar refractivity (Wildman–Crippen MR) is 64.1 cm³/mol. The second-order valence-electron chi connectivity index (χ2n) is 4.47. The minimum Gasteiger partial charge on any atom is -0.496 e. The molecule has 0 saturated heterocycles. The van der Waals surface area contributed by atoms with Gasteiger partial charge in [0.1, 0.15) is 5.75 Å². The van der Waals surface area contributed by atoms with Crippen LogP contribution in [0.4, 0.5) is 0 Å². The lowest BCUT2D eigenvalue weighted by atomic mass is 9.97. The Bertz CT molecular complexity index is 320. The molecule has 0 amide bonds. The Labute approximate surface area is 92.4 Å². The lowest BCUT2D eigenvalue weighted by Crippen LogP contribution is -2.13. The van der Waals surface area contributed by atoms with Crippen molar-refractivity contribution in [1.82, 2.24) is 0 Å². The van der Waals surface area contributed by atoms with E-state index in [1.165, 1.54) is 0 Å². The van der Waals surface area contributed by atoms with Gasteiger partial charge < -0.3 is 10.5 Å². The van der Waals surface area contributed by atoms with Gasteiger partial charge >= 0.3 is 0 Å². The van der Waals surface area contributed by atoms with Crippen LogP contribution in [-0.4, -0.2) is 7.11 Å². The second-order valence-corrected chi connectivity index (χ2v) is 4.47. The van der Waals surface area contributed by atoms with Crippen molar-refractivity contribution in [3.05, 3.63) is 29.3 Å². The quantitative estimate of drug-likeness (QED) is 0.823. The van der Waals surface area contributed by atoms with Crippen molar-refractivity contribution >= 4 is 0 Å². The molecule has 0 bridgehead atoms. The summed E-state index contributed by atoms with van der Waals surface area (Å²) < 4.78 is 5.29. The number of ether oxygens (including phenoxy) is 1. The summed E-state index contributed by atoms with van der Waals surface area (Å²) in [7, 11) is 1.69. The Morgan fingerprint density at radius 1 is 1.33 bits per heavy atom. The van der Waals surface area contributed by atoms with Crippen molar-refractivity contribution in [3.8, 4) is 5.75 Å². The third-order valence-electron chi connectivity index (χ3n) is 2.59. The summed E-state index contributed by atoms with van der Waals surface area (Å²) in [6.07, 6.45) is 1.01. The van der Waals surface area contributed by atoms with Crippen LogP contribution < -0.4 is 10.5 Å². The van der Waals surface area contributed by atoms with E-state index < -0.39 is 0 Å². The van der Waals surface area contributed by atoms with Crippen LogP contribution in [-0.2, 0) is 0 Å². The molecule has 0 aromatic heterocycles. The standard InChI is InChI=1S/C13H21NO/c1-9(2)7-12(14)11-6-5-10(3)13(8-11)15-4/h5-6,8-9,12H,7,14H2,1-4H3/t12-/m1/s1. The molecule has 0 saturated carbocycles. The molecule has 0 fully saturated rings. The molecule has 0 aliphatic rings. The van der Waals surface area contributed by atoms with E-state index in [0.717, 1.165) is 23.3 Å². The molecule has 0 aliphatic carbocycles. The first-order valence-corrected chi connectivity index (χ1v) is 5.44. The van der Waals surface area contributed by atoms with Crippen LogP contribution >= 0.6 is 0 Å². The molecular formula is C13H21NO. The van der Waals surface area contributed by atoms with Gasteiger partial charge in [-0.05, 0) is 36.5 Å². The van der Waals surface area contributed by atoms with Crippen molar-refractivity contribution in [2.24, 2.45) is 11.7 Å². The second kappa shape index (κ2) is 5.17. The third-order valence-corrected chi connectivity index (χ3v) is 2.59. The predicted octanol–water partition coefficient (Wildman–Crippen LogP) is 3.05. The molecule has 2 N–H and O–H groups in total. The summed E-state index contributed by atoms with van der Waals surface area (Å²) in [5.41, 5.74) is 8.42. The molecule has 1 aromatic rings. The minimum atomic E-state index is 0.111. The normalized spacial score (nSPS) is 12.9. The largest absolute Gasteiger partial charge is 0.496 e. The SMILES string of the molecule is COc1cc([C@H](N)CC(C)C)ccc1C. The highest BCUT2D eigenvalue weighted by atomic mass is 16.5. The molecular weight excluding hydrogens is 186 g/mol. The van der Waals surface area contributed by atoms with Gasteiger partial charge in [0.05, 0.1) is 7.11 Å². The molecule has 1 atom stereocenters. The Hall–Kier alpha value is -1.02. The first kappa shape index (κ1) is 12.1. The highest BCUT2D eigenvalue weighted by Crippen LogP contribution is 2.25. The summed E-state index contributed by atoms with van der Waals surface area (Å²) in [6.45, 7) is 6.41. The van der Waals surface area contributed by atoms with Gasteiger partial charge in [0.25, 0.3) is 0 Å². The highest BCUT2D eigenvalue weighted by molar-refractivity contribution is 5.37. The molecule has 1 rings (SSSR count). The van der Waals surface area contributed by atoms with Gasteiger partial charge in [0.2, 0.25) is 0 Å². The molecule has 84 valence electrons. The lowest BCUT2D eigenvalue weighted by Gasteiger charge is -2.16. The van der Waals surface area contributed by atoms with E-state index in [0.29, 0.717) is 5.92 Å². The molecule has 15 heavy (non-hydrogen) atoms. The van der Waals surface area contributed by atoms with E-state index in [2.05, 4.69) is 26.0 Å². The summed E-state index contributed by atoms with van der Waals surface area (Å²) in [5.74, 6) is 1.54. The van der Waals surface area contributed by atoms with Crippen molar-refractivity contribution in [3.63, 3.8) is 0 Å². The maximum atomic E-state index is 6.11.